The van der Waals surface area contributed by atoms with Gasteiger partial charge in [-0.1, -0.05) is 0 Å². The number of ether oxygens (including phenoxy) is 1. The molecule has 0 unspecified atom stereocenters. The first-order valence-corrected chi connectivity index (χ1v) is 3.06. The van der Waals surface area contributed by atoms with E-state index < -0.39 is 0 Å². The van der Waals surface area contributed by atoms with Gasteiger partial charge in [0.1, 0.15) is 0 Å². The second-order valence-corrected chi connectivity index (χ2v) is 2.19. The topological polar surface area (TPSA) is 9.23 Å². The van der Waals surface area contributed by atoms with E-state index in [1.165, 1.54) is 0 Å². The van der Waals surface area contributed by atoms with Gasteiger partial charge in [0.25, 0.3) is 0 Å². The molecular weight excluding hydrogens is 96.1 g/mol. The zero-order valence-corrected chi connectivity index (χ0v) is 4.33. The summed E-state index contributed by atoms with van der Waals surface area (Å²) in [5.74, 6) is 3.23. The van der Waals surface area contributed by atoms with Crippen molar-refractivity contribution >= 4 is 11.8 Å². The largest absolute Gasteiger partial charge is 0.379 e. The van der Waals surface area contributed by atoms with E-state index in [2.05, 4.69) is 5.75 Å². The summed E-state index contributed by atoms with van der Waals surface area (Å²) in [5, 5.41) is 0. The molecule has 1 aliphatic heterocycles. The number of rotatable bonds is 0. The Labute approximate surface area is 42.1 Å². The quantitative estimate of drug-likeness (QED) is 0.450. The van der Waals surface area contributed by atoms with Gasteiger partial charge in [-0.2, -0.15) is 11.8 Å². The Kier molecular flexibility index (Phi) is 1.85. The minimum Gasteiger partial charge on any atom is -0.379 e. The normalized spacial score (nSPS) is 24.0. The Balaban J connectivity index is 2.00. The van der Waals surface area contributed by atoms with Gasteiger partial charge in [0.15, 0.2) is 0 Å². The summed E-state index contributed by atoms with van der Waals surface area (Å²) in [6.07, 6.45) is 0. The lowest BCUT2D eigenvalue weighted by atomic mass is 10.8. The molecular formula is C4H7OS. The number of thioether (sulfide) groups is 1. The van der Waals surface area contributed by atoms with E-state index in [-0.39, 0.29) is 0 Å². The Bertz CT molecular complexity index is 23.0. The highest BCUT2D eigenvalue weighted by Crippen LogP contribution is 2.09. The average molecular weight is 103 g/mol. The van der Waals surface area contributed by atoms with Gasteiger partial charge in [-0.25, -0.2) is 0 Å². The lowest BCUT2D eigenvalue weighted by molar-refractivity contribution is 0.171. The summed E-state index contributed by atoms with van der Waals surface area (Å²) in [5.41, 5.74) is 0. The van der Waals surface area contributed by atoms with E-state index >= 15 is 0 Å². The summed E-state index contributed by atoms with van der Waals surface area (Å²) < 4.78 is 4.99. The average Bonchev–Trinajstić information content (AvgIpc) is 1.72. The van der Waals surface area contributed by atoms with Crippen LogP contribution in [0.2, 0.25) is 0 Å². The fraction of sp³-hybridized carbons (Fsp3) is 0.750. The van der Waals surface area contributed by atoms with Gasteiger partial charge in [-0.3, -0.25) is 0 Å². The first kappa shape index (κ1) is 4.47. The van der Waals surface area contributed by atoms with Crippen LogP contribution in [-0.4, -0.2) is 19.0 Å². The monoisotopic (exact) mass is 103 g/mol. The molecule has 1 aliphatic rings. The molecule has 0 aromatic heterocycles. The van der Waals surface area contributed by atoms with Gasteiger partial charge in [-0.15, -0.1) is 0 Å². The van der Waals surface area contributed by atoms with E-state index in [4.69, 9.17) is 4.74 Å². The Hall–Kier alpha value is 0.310. The van der Waals surface area contributed by atoms with Crippen LogP contribution in [0.5, 0.6) is 0 Å². The Morgan fingerprint density at radius 3 is 2.83 bits per heavy atom. The molecule has 0 saturated carbocycles. The smallest absolute Gasteiger partial charge is 0.0597 e. The second kappa shape index (κ2) is 2.48. The van der Waals surface area contributed by atoms with Crippen LogP contribution in [0, 0.1) is 5.75 Å². The van der Waals surface area contributed by atoms with Gasteiger partial charge in [-0.05, 0) is 0 Å². The Morgan fingerprint density at radius 2 is 2.67 bits per heavy atom. The van der Waals surface area contributed by atoms with Crippen molar-refractivity contribution in [2.45, 2.75) is 0 Å². The number of hydrogen-bond donors (Lipinski definition) is 0. The lowest BCUT2D eigenvalue weighted by Crippen LogP contribution is -2.04. The van der Waals surface area contributed by atoms with E-state index in [0.29, 0.717) is 0 Å². The summed E-state index contributed by atoms with van der Waals surface area (Å²) in [6, 6.07) is 0. The fourth-order valence-corrected chi connectivity index (χ4v) is 0.943. The summed E-state index contributed by atoms with van der Waals surface area (Å²) in [4.78, 5) is 0. The third-order valence-corrected chi connectivity index (χ3v) is 1.42. The van der Waals surface area contributed by atoms with Crippen LogP contribution in [0.3, 0.4) is 0 Å². The molecule has 1 heterocycles. The minimum atomic E-state index is 0.838. The predicted octanol–water partition coefficient (Wildman–Crippen LogP) is 0.912. The zero-order valence-electron chi connectivity index (χ0n) is 3.52. The van der Waals surface area contributed by atoms with Crippen molar-refractivity contribution in [2.24, 2.45) is 0 Å². The van der Waals surface area contributed by atoms with Crippen LogP contribution in [0.1, 0.15) is 0 Å². The molecule has 1 fully saturated rings. The maximum atomic E-state index is 4.99. The van der Waals surface area contributed by atoms with Crippen LogP contribution >= 0.6 is 11.8 Å². The van der Waals surface area contributed by atoms with Crippen molar-refractivity contribution in [1.29, 1.82) is 0 Å². The minimum absolute atomic E-state index is 0.838. The summed E-state index contributed by atoms with van der Waals surface area (Å²) in [7, 11) is 0. The molecule has 0 amide bonds. The highest BCUT2D eigenvalue weighted by Gasteiger charge is 1.95. The van der Waals surface area contributed by atoms with Gasteiger partial charge < -0.3 is 4.74 Å². The molecule has 1 nitrogen and oxygen atoms in total. The summed E-state index contributed by atoms with van der Waals surface area (Å²) in [6.45, 7) is 1.77. The SMILES string of the molecule is [CH]1COCCS1. The third-order valence-electron chi connectivity index (χ3n) is 0.649. The zero-order chi connectivity index (χ0) is 4.24. The van der Waals surface area contributed by atoms with Crippen molar-refractivity contribution in [3.63, 3.8) is 0 Å². The molecule has 1 saturated heterocycles. The number of hydrogen-bond acceptors (Lipinski definition) is 2. The molecule has 35 valence electrons. The molecule has 0 spiro atoms. The van der Waals surface area contributed by atoms with Crippen molar-refractivity contribution in [3.8, 4) is 0 Å². The van der Waals surface area contributed by atoms with E-state index in [9.17, 15) is 0 Å². The molecule has 6 heavy (non-hydrogen) atoms. The van der Waals surface area contributed by atoms with E-state index in [0.717, 1.165) is 19.0 Å². The lowest BCUT2D eigenvalue weighted by Gasteiger charge is -2.07. The Morgan fingerprint density at radius 1 is 1.67 bits per heavy atom. The van der Waals surface area contributed by atoms with E-state index in [1.807, 2.05) is 11.8 Å². The van der Waals surface area contributed by atoms with Crippen LogP contribution in [-0.2, 0) is 4.74 Å². The first-order valence-electron chi connectivity index (χ1n) is 2.01. The van der Waals surface area contributed by atoms with Gasteiger partial charge in [0.05, 0.1) is 13.2 Å². The molecule has 0 aliphatic carbocycles. The maximum Gasteiger partial charge on any atom is 0.0597 e. The van der Waals surface area contributed by atoms with Gasteiger partial charge >= 0.3 is 0 Å². The first-order chi connectivity index (χ1) is 3.00. The highest BCUT2D eigenvalue weighted by molar-refractivity contribution is 8.01. The van der Waals surface area contributed by atoms with Gasteiger partial charge in [0, 0.05) is 11.5 Å². The molecule has 2 heteroatoms. The van der Waals surface area contributed by atoms with Crippen LogP contribution in [0.4, 0.5) is 0 Å². The third kappa shape index (κ3) is 1.19. The molecule has 0 aromatic rings. The van der Waals surface area contributed by atoms with Gasteiger partial charge in [0.2, 0.25) is 0 Å². The van der Waals surface area contributed by atoms with Crippen LogP contribution < -0.4 is 0 Å². The molecule has 1 rings (SSSR count). The maximum absolute atomic E-state index is 4.99. The van der Waals surface area contributed by atoms with Crippen molar-refractivity contribution < 1.29 is 4.74 Å². The highest BCUT2D eigenvalue weighted by atomic mass is 32.2. The van der Waals surface area contributed by atoms with Crippen molar-refractivity contribution in [3.05, 3.63) is 5.75 Å². The van der Waals surface area contributed by atoms with Crippen molar-refractivity contribution in [1.82, 2.24) is 0 Å². The molecule has 0 aromatic carbocycles. The molecule has 0 atom stereocenters. The standard InChI is InChI=1S/C4H7OS/c1-3-6-4-2-5-1/h3H,1-2,4H2. The molecule has 0 N–H and O–H groups in total. The van der Waals surface area contributed by atoms with Crippen LogP contribution in [0.15, 0.2) is 0 Å². The second-order valence-electron chi connectivity index (χ2n) is 1.11. The van der Waals surface area contributed by atoms with Crippen molar-refractivity contribution in [2.75, 3.05) is 19.0 Å². The van der Waals surface area contributed by atoms with Crippen LogP contribution in [0.25, 0.3) is 0 Å². The summed E-state index contributed by atoms with van der Waals surface area (Å²) >= 11 is 1.84. The van der Waals surface area contributed by atoms with E-state index in [1.54, 1.807) is 0 Å². The predicted molar refractivity (Wildman–Crippen MR) is 27.6 cm³/mol. The molecule has 0 bridgehead atoms. The fourth-order valence-electron chi connectivity index (χ4n) is 0.370. The molecule has 1 radical (unpaired) electrons.